The van der Waals surface area contributed by atoms with E-state index in [4.69, 9.17) is 11.6 Å². The molecule has 0 fully saturated rings. The molecule has 0 saturated heterocycles. The Hall–Kier alpha value is -1.57. The lowest BCUT2D eigenvalue weighted by atomic mass is 9.72. The minimum absolute atomic E-state index is 0.341. The molecule has 0 spiro atoms. The van der Waals surface area contributed by atoms with Crippen LogP contribution in [0.1, 0.15) is 31.9 Å². The molecule has 1 atom stereocenters. The van der Waals surface area contributed by atoms with E-state index in [9.17, 15) is 5.11 Å². The zero-order chi connectivity index (χ0) is 15.5. The van der Waals surface area contributed by atoms with Crippen molar-refractivity contribution in [3.63, 3.8) is 0 Å². The summed E-state index contributed by atoms with van der Waals surface area (Å²) in [5, 5.41) is 11.9. The Labute approximate surface area is 131 Å². The van der Waals surface area contributed by atoms with E-state index in [0.29, 0.717) is 5.02 Å². The molecule has 2 aromatic rings. The molecule has 0 radical (unpaired) electrons. The standard InChI is InChI=1S/C19H21ClO/c1-18(2,3)19(21,16-9-11-17(20)12-10-16)14-13-15-7-5-4-6-8-15/h4-14,21H,1-3H3/b14-13+. The Morgan fingerprint density at radius 2 is 1.48 bits per heavy atom. The van der Waals surface area contributed by atoms with Crippen LogP contribution in [0, 0.1) is 5.41 Å². The summed E-state index contributed by atoms with van der Waals surface area (Å²) in [6.45, 7) is 6.07. The monoisotopic (exact) mass is 300 g/mol. The summed E-state index contributed by atoms with van der Waals surface area (Å²) in [5.41, 5.74) is 0.500. The van der Waals surface area contributed by atoms with E-state index < -0.39 is 5.60 Å². The third-order valence-electron chi connectivity index (χ3n) is 3.74. The third-order valence-corrected chi connectivity index (χ3v) is 4.00. The maximum Gasteiger partial charge on any atom is 0.113 e. The molecule has 1 N–H and O–H groups in total. The van der Waals surface area contributed by atoms with Crippen LogP contribution in [0.5, 0.6) is 0 Å². The van der Waals surface area contributed by atoms with Gasteiger partial charge in [-0.3, -0.25) is 0 Å². The van der Waals surface area contributed by atoms with Gasteiger partial charge in [0.25, 0.3) is 0 Å². The maximum atomic E-state index is 11.2. The van der Waals surface area contributed by atoms with Crippen LogP contribution in [0.2, 0.25) is 5.02 Å². The van der Waals surface area contributed by atoms with Crippen molar-refractivity contribution in [3.8, 4) is 0 Å². The first-order valence-corrected chi connectivity index (χ1v) is 7.43. The Bertz CT molecular complexity index is 608. The van der Waals surface area contributed by atoms with E-state index in [1.807, 2.05) is 87.5 Å². The van der Waals surface area contributed by atoms with Gasteiger partial charge < -0.3 is 5.11 Å². The molecular formula is C19H21ClO. The topological polar surface area (TPSA) is 20.2 Å². The molecule has 2 heteroatoms. The zero-order valence-corrected chi connectivity index (χ0v) is 13.4. The quantitative estimate of drug-likeness (QED) is 0.817. The molecule has 0 heterocycles. The normalized spacial score (nSPS) is 15.1. The molecular weight excluding hydrogens is 280 g/mol. The minimum Gasteiger partial charge on any atom is -0.380 e. The largest absolute Gasteiger partial charge is 0.380 e. The van der Waals surface area contributed by atoms with Crippen LogP contribution in [0.3, 0.4) is 0 Å². The summed E-state index contributed by atoms with van der Waals surface area (Å²) in [5.74, 6) is 0. The SMILES string of the molecule is CC(C)(C)C(O)(/C=C/c1ccccc1)c1ccc(Cl)cc1. The minimum atomic E-state index is -1.06. The lowest BCUT2D eigenvalue weighted by Crippen LogP contribution is -2.38. The smallest absolute Gasteiger partial charge is 0.113 e. The van der Waals surface area contributed by atoms with Gasteiger partial charge in [0.2, 0.25) is 0 Å². The van der Waals surface area contributed by atoms with E-state index in [1.165, 1.54) is 0 Å². The Balaban J connectivity index is 2.43. The number of hydrogen-bond acceptors (Lipinski definition) is 1. The summed E-state index contributed by atoms with van der Waals surface area (Å²) in [7, 11) is 0. The van der Waals surface area contributed by atoms with Gasteiger partial charge >= 0.3 is 0 Å². The van der Waals surface area contributed by atoms with Crippen LogP contribution in [-0.4, -0.2) is 5.11 Å². The van der Waals surface area contributed by atoms with Crippen molar-refractivity contribution >= 4 is 17.7 Å². The average molecular weight is 301 g/mol. The number of halogens is 1. The lowest BCUT2D eigenvalue weighted by Gasteiger charge is -2.38. The van der Waals surface area contributed by atoms with E-state index in [0.717, 1.165) is 11.1 Å². The third kappa shape index (κ3) is 3.55. The van der Waals surface area contributed by atoms with Crippen molar-refractivity contribution in [2.45, 2.75) is 26.4 Å². The highest BCUT2D eigenvalue weighted by molar-refractivity contribution is 6.30. The van der Waals surface area contributed by atoms with E-state index in [2.05, 4.69) is 0 Å². The second-order valence-corrected chi connectivity index (χ2v) is 6.70. The number of benzene rings is 2. The fraction of sp³-hybridized carbons (Fsp3) is 0.263. The van der Waals surface area contributed by atoms with Gasteiger partial charge in [0, 0.05) is 5.02 Å². The van der Waals surface area contributed by atoms with Gasteiger partial charge in [-0.1, -0.05) is 80.9 Å². The molecule has 2 rings (SSSR count). The summed E-state index contributed by atoms with van der Waals surface area (Å²) in [6, 6.07) is 17.4. The fourth-order valence-corrected chi connectivity index (χ4v) is 2.39. The molecule has 2 aromatic carbocycles. The second kappa shape index (κ2) is 6.05. The van der Waals surface area contributed by atoms with Crippen molar-refractivity contribution in [1.82, 2.24) is 0 Å². The first-order chi connectivity index (χ1) is 9.83. The van der Waals surface area contributed by atoms with E-state index in [-0.39, 0.29) is 5.41 Å². The summed E-state index contributed by atoms with van der Waals surface area (Å²) >= 11 is 5.95. The Morgan fingerprint density at radius 1 is 0.905 bits per heavy atom. The van der Waals surface area contributed by atoms with Gasteiger partial charge in [0.1, 0.15) is 5.60 Å². The van der Waals surface area contributed by atoms with Crippen molar-refractivity contribution in [2.24, 2.45) is 5.41 Å². The fourth-order valence-electron chi connectivity index (χ4n) is 2.26. The number of rotatable bonds is 3. The van der Waals surface area contributed by atoms with Crippen LogP contribution < -0.4 is 0 Å². The van der Waals surface area contributed by atoms with Gasteiger partial charge in [-0.25, -0.2) is 0 Å². The maximum absolute atomic E-state index is 11.2. The van der Waals surface area contributed by atoms with E-state index >= 15 is 0 Å². The highest BCUT2D eigenvalue weighted by Crippen LogP contribution is 2.41. The molecule has 1 nitrogen and oxygen atoms in total. The predicted octanol–water partition coefficient (Wildman–Crippen LogP) is 5.29. The number of aliphatic hydroxyl groups is 1. The summed E-state index contributed by atoms with van der Waals surface area (Å²) < 4.78 is 0. The molecule has 0 bridgehead atoms. The molecule has 0 aliphatic rings. The summed E-state index contributed by atoms with van der Waals surface area (Å²) in [4.78, 5) is 0. The molecule has 0 aliphatic carbocycles. The highest BCUT2D eigenvalue weighted by Gasteiger charge is 2.39. The Kier molecular flexibility index (Phi) is 4.55. The zero-order valence-electron chi connectivity index (χ0n) is 12.7. The molecule has 0 saturated carbocycles. The van der Waals surface area contributed by atoms with Crippen LogP contribution in [0.25, 0.3) is 6.08 Å². The second-order valence-electron chi connectivity index (χ2n) is 6.27. The van der Waals surface area contributed by atoms with Gasteiger partial charge in [0.15, 0.2) is 0 Å². The van der Waals surface area contributed by atoms with Crippen molar-refractivity contribution < 1.29 is 5.11 Å². The van der Waals surface area contributed by atoms with Crippen LogP contribution in [0.4, 0.5) is 0 Å². The predicted molar refractivity (Wildman–Crippen MR) is 90.3 cm³/mol. The van der Waals surface area contributed by atoms with Gasteiger partial charge in [-0.2, -0.15) is 0 Å². The van der Waals surface area contributed by atoms with Crippen LogP contribution >= 0.6 is 11.6 Å². The molecule has 0 amide bonds. The van der Waals surface area contributed by atoms with Gasteiger partial charge in [-0.15, -0.1) is 0 Å². The summed E-state index contributed by atoms with van der Waals surface area (Å²) in [6.07, 6.45) is 3.82. The van der Waals surface area contributed by atoms with Gasteiger partial charge in [0.05, 0.1) is 0 Å². The molecule has 21 heavy (non-hydrogen) atoms. The number of hydrogen-bond donors (Lipinski definition) is 1. The van der Waals surface area contributed by atoms with Crippen LogP contribution in [-0.2, 0) is 5.60 Å². The van der Waals surface area contributed by atoms with Crippen molar-refractivity contribution in [3.05, 3.63) is 76.8 Å². The van der Waals surface area contributed by atoms with Gasteiger partial charge in [-0.05, 0) is 34.8 Å². The first-order valence-electron chi connectivity index (χ1n) is 7.06. The Morgan fingerprint density at radius 3 is 2.00 bits per heavy atom. The highest BCUT2D eigenvalue weighted by atomic mass is 35.5. The average Bonchev–Trinajstić information content (AvgIpc) is 2.45. The molecule has 0 aromatic heterocycles. The molecule has 110 valence electrons. The lowest BCUT2D eigenvalue weighted by molar-refractivity contribution is -0.0178. The van der Waals surface area contributed by atoms with Crippen molar-refractivity contribution in [1.29, 1.82) is 0 Å². The molecule has 1 unspecified atom stereocenters. The molecule has 0 aliphatic heterocycles. The van der Waals surface area contributed by atoms with E-state index in [1.54, 1.807) is 0 Å². The van der Waals surface area contributed by atoms with Crippen LogP contribution in [0.15, 0.2) is 60.7 Å². The van der Waals surface area contributed by atoms with Crippen molar-refractivity contribution in [2.75, 3.05) is 0 Å². The first kappa shape index (κ1) is 15.8.